The van der Waals surface area contributed by atoms with Crippen molar-refractivity contribution < 1.29 is 9.13 Å². The summed E-state index contributed by atoms with van der Waals surface area (Å²) in [4.78, 5) is 0. The molecule has 2 nitrogen and oxygen atoms in total. The zero-order valence-electron chi connectivity index (χ0n) is 12.4. The minimum atomic E-state index is -0.226. The Morgan fingerprint density at radius 1 is 1.10 bits per heavy atom. The molecule has 1 atom stereocenters. The molecule has 0 aliphatic carbocycles. The molecule has 112 valence electrons. The van der Waals surface area contributed by atoms with Gasteiger partial charge >= 0.3 is 0 Å². The predicted octanol–water partition coefficient (Wildman–Crippen LogP) is 4.08. The van der Waals surface area contributed by atoms with Crippen LogP contribution in [0.5, 0.6) is 0 Å². The molecule has 0 spiro atoms. The van der Waals surface area contributed by atoms with Crippen molar-refractivity contribution in [3.8, 4) is 0 Å². The van der Waals surface area contributed by atoms with Crippen LogP contribution in [0.4, 0.5) is 4.39 Å². The van der Waals surface area contributed by atoms with Crippen LogP contribution < -0.4 is 5.32 Å². The molecule has 2 aromatic carbocycles. The number of nitrogens with one attached hydrogen (secondary N) is 1. The molecule has 2 rings (SSSR count). The molecule has 0 saturated heterocycles. The Morgan fingerprint density at radius 3 is 2.62 bits per heavy atom. The molecule has 0 aliphatic rings. The molecular weight excluding hydrogens is 265 g/mol. The first kappa shape index (κ1) is 15.7. The highest BCUT2D eigenvalue weighted by molar-refractivity contribution is 5.20. The summed E-state index contributed by atoms with van der Waals surface area (Å²) in [6, 6.07) is 16.7. The van der Waals surface area contributed by atoms with Crippen molar-refractivity contribution in [1.29, 1.82) is 0 Å². The third-order valence-electron chi connectivity index (χ3n) is 3.27. The van der Waals surface area contributed by atoms with Crippen LogP contribution in [0.3, 0.4) is 0 Å². The van der Waals surface area contributed by atoms with Gasteiger partial charge < -0.3 is 10.1 Å². The van der Waals surface area contributed by atoms with Gasteiger partial charge in [0.25, 0.3) is 0 Å². The van der Waals surface area contributed by atoms with Crippen LogP contribution in [0.15, 0.2) is 54.6 Å². The first-order valence-corrected chi connectivity index (χ1v) is 7.41. The number of hydrogen-bond donors (Lipinski definition) is 1. The molecule has 0 heterocycles. The SMILES string of the molecule is CCCNCC(OCc1ccccc1)c1cccc(F)c1. The number of rotatable bonds is 8. The average molecular weight is 287 g/mol. The van der Waals surface area contributed by atoms with E-state index in [1.165, 1.54) is 6.07 Å². The Kier molecular flexibility index (Phi) is 6.38. The highest BCUT2D eigenvalue weighted by Crippen LogP contribution is 2.19. The highest BCUT2D eigenvalue weighted by atomic mass is 19.1. The van der Waals surface area contributed by atoms with Crippen LogP contribution in [-0.2, 0) is 11.3 Å². The van der Waals surface area contributed by atoms with Crippen molar-refractivity contribution in [2.45, 2.75) is 26.1 Å². The molecule has 2 aromatic rings. The molecule has 1 N–H and O–H groups in total. The molecule has 0 aromatic heterocycles. The monoisotopic (exact) mass is 287 g/mol. The Labute approximate surface area is 126 Å². The van der Waals surface area contributed by atoms with E-state index in [0.717, 1.165) is 24.1 Å². The first-order valence-electron chi connectivity index (χ1n) is 7.41. The van der Waals surface area contributed by atoms with Gasteiger partial charge in [-0.05, 0) is 36.2 Å². The van der Waals surface area contributed by atoms with Crippen molar-refractivity contribution in [2.24, 2.45) is 0 Å². The molecule has 1 unspecified atom stereocenters. The van der Waals surface area contributed by atoms with Gasteiger partial charge in [-0.15, -0.1) is 0 Å². The normalized spacial score (nSPS) is 12.3. The minimum Gasteiger partial charge on any atom is -0.368 e. The average Bonchev–Trinajstić information content (AvgIpc) is 2.52. The largest absolute Gasteiger partial charge is 0.368 e. The van der Waals surface area contributed by atoms with Crippen LogP contribution in [0.25, 0.3) is 0 Å². The van der Waals surface area contributed by atoms with E-state index < -0.39 is 0 Å². The predicted molar refractivity (Wildman–Crippen MR) is 83.5 cm³/mol. The Bertz CT molecular complexity index is 530. The third kappa shape index (κ3) is 5.29. The number of hydrogen-bond acceptors (Lipinski definition) is 2. The Morgan fingerprint density at radius 2 is 1.90 bits per heavy atom. The molecule has 3 heteroatoms. The van der Waals surface area contributed by atoms with Gasteiger partial charge in [0.05, 0.1) is 12.7 Å². The van der Waals surface area contributed by atoms with E-state index >= 15 is 0 Å². The fraction of sp³-hybridized carbons (Fsp3) is 0.333. The molecule has 0 fully saturated rings. The van der Waals surface area contributed by atoms with Gasteiger partial charge in [0.1, 0.15) is 5.82 Å². The quantitative estimate of drug-likeness (QED) is 0.739. The summed E-state index contributed by atoms with van der Waals surface area (Å²) in [5, 5.41) is 3.34. The van der Waals surface area contributed by atoms with E-state index in [1.54, 1.807) is 12.1 Å². The molecule has 0 aliphatic heterocycles. The fourth-order valence-electron chi connectivity index (χ4n) is 2.16. The van der Waals surface area contributed by atoms with Crippen LogP contribution in [0, 0.1) is 5.82 Å². The summed E-state index contributed by atoms with van der Waals surface area (Å²) >= 11 is 0. The topological polar surface area (TPSA) is 21.3 Å². The van der Waals surface area contributed by atoms with E-state index in [4.69, 9.17) is 4.74 Å². The minimum absolute atomic E-state index is 0.146. The van der Waals surface area contributed by atoms with Gasteiger partial charge in [-0.2, -0.15) is 0 Å². The van der Waals surface area contributed by atoms with Gasteiger partial charge in [-0.3, -0.25) is 0 Å². The molecule has 0 amide bonds. The van der Waals surface area contributed by atoms with Crippen molar-refractivity contribution >= 4 is 0 Å². The number of ether oxygens (including phenoxy) is 1. The summed E-state index contributed by atoms with van der Waals surface area (Å²) in [7, 11) is 0. The van der Waals surface area contributed by atoms with Crippen molar-refractivity contribution in [3.05, 3.63) is 71.5 Å². The van der Waals surface area contributed by atoms with Crippen LogP contribution in [-0.4, -0.2) is 13.1 Å². The summed E-state index contributed by atoms with van der Waals surface area (Å²) in [5.41, 5.74) is 1.99. The van der Waals surface area contributed by atoms with E-state index in [0.29, 0.717) is 13.2 Å². The van der Waals surface area contributed by atoms with Gasteiger partial charge in [0.2, 0.25) is 0 Å². The van der Waals surface area contributed by atoms with E-state index in [2.05, 4.69) is 12.2 Å². The Balaban J connectivity index is 2.01. The van der Waals surface area contributed by atoms with E-state index in [9.17, 15) is 4.39 Å². The zero-order chi connectivity index (χ0) is 14.9. The van der Waals surface area contributed by atoms with E-state index in [-0.39, 0.29) is 11.9 Å². The van der Waals surface area contributed by atoms with Crippen LogP contribution >= 0.6 is 0 Å². The second-order valence-corrected chi connectivity index (χ2v) is 5.04. The molecule has 21 heavy (non-hydrogen) atoms. The molecule has 0 bridgehead atoms. The fourth-order valence-corrected chi connectivity index (χ4v) is 2.16. The maximum absolute atomic E-state index is 13.4. The van der Waals surface area contributed by atoms with Gasteiger partial charge in [-0.25, -0.2) is 4.39 Å². The first-order chi connectivity index (χ1) is 10.3. The molecular formula is C18H22FNO. The number of benzene rings is 2. The standard InChI is InChI=1S/C18H22FNO/c1-2-11-20-13-18(16-9-6-10-17(19)12-16)21-14-15-7-4-3-5-8-15/h3-10,12,18,20H,2,11,13-14H2,1H3. The zero-order valence-corrected chi connectivity index (χ0v) is 12.4. The second kappa shape index (κ2) is 8.55. The maximum Gasteiger partial charge on any atom is 0.123 e. The molecule has 0 saturated carbocycles. The lowest BCUT2D eigenvalue weighted by Gasteiger charge is -2.19. The Hall–Kier alpha value is -1.71. The van der Waals surface area contributed by atoms with Gasteiger partial charge in [0, 0.05) is 6.54 Å². The van der Waals surface area contributed by atoms with Crippen molar-refractivity contribution in [2.75, 3.05) is 13.1 Å². The lowest BCUT2D eigenvalue weighted by atomic mass is 10.1. The lowest BCUT2D eigenvalue weighted by Crippen LogP contribution is -2.24. The summed E-state index contributed by atoms with van der Waals surface area (Å²) < 4.78 is 19.4. The maximum atomic E-state index is 13.4. The third-order valence-corrected chi connectivity index (χ3v) is 3.27. The van der Waals surface area contributed by atoms with Crippen LogP contribution in [0.2, 0.25) is 0 Å². The smallest absolute Gasteiger partial charge is 0.123 e. The summed E-state index contributed by atoms with van der Waals surface area (Å²) in [6.45, 7) is 4.26. The van der Waals surface area contributed by atoms with Gasteiger partial charge in [0.15, 0.2) is 0 Å². The molecule has 0 radical (unpaired) electrons. The summed E-state index contributed by atoms with van der Waals surface area (Å²) in [6.07, 6.45) is 0.918. The van der Waals surface area contributed by atoms with Crippen molar-refractivity contribution in [1.82, 2.24) is 5.32 Å². The second-order valence-electron chi connectivity index (χ2n) is 5.04. The van der Waals surface area contributed by atoms with Crippen LogP contribution in [0.1, 0.15) is 30.6 Å². The number of halogens is 1. The highest BCUT2D eigenvalue weighted by Gasteiger charge is 2.12. The van der Waals surface area contributed by atoms with Gasteiger partial charge in [-0.1, -0.05) is 49.4 Å². The summed E-state index contributed by atoms with van der Waals surface area (Å²) in [5.74, 6) is -0.226. The van der Waals surface area contributed by atoms with Crippen molar-refractivity contribution in [3.63, 3.8) is 0 Å². The van der Waals surface area contributed by atoms with E-state index in [1.807, 2.05) is 36.4 Å². The lowest BCUT2D eigenvalue weighted by molar-refractivity contribution is 0.0397.